The lowest BCUT2D eigenvalue weighted by Crippen LogP contribution is -2.11. The highest BCUT2D eigenvalue weighted by Crippen LogP contribution is 2.11. The zero-order chi connectivity index (χ0) is 6.73. The number of rotatable bonds is 2. The van der Waals surface area contributed by atoms with Gasteiger partial charge in [0.15, 0.2) is 6.17 Å². The summed E-state index contributed by atoms with van der Waals surface area (Å²) in [5, 5.41) is 0. The van der Waals surface area contributed by atoms with Crippen LogP contribution in [0.1, 0.15) is 6.92 Å². The standard InChI is InChI=1S/C5H7F3/c1-3(2)4(6)5(7)8/h4-5H,1H2,2H3. The predicted octanol–water partition coefficient (Wildman–Crippen LogP) is 2.17. The monoisotopic (exact) mass is 124 g/mol. The van der Waals surface area contributed by atoms with E-state index in [0.717, 1.165) is 0 Å². The highest BCUT2D eigenvalue weighted by molar-refractivity contribution is 4.98. The smallest absolute Gasteiger partial charge is 0.236 e. The minimum atomic E-state index is -2.92. The zero-order valence-electron chi connectivity index (χ0n) is 4.50. The summed E-state index contributed by atoms with van der Waals surface area (Å²) in [5.74, 6) is 0. The molecule has 0 N–H and O–H groups in total. The molecule has 0 aliphatic rings. The Morgan fingerprint density at radius 3 is 1.75 bits per heavy atom. The third-order valence-electron chi connectivity index (χ3n) is 0.692. The summed E-state index contributed by atoms with van der Waals surface area (Å²) in [5.41, 5.74) is -0.125. The Kier molecular flexibility index (Phi) is 2.58. The molecule has 0 aromatic rings. The first kappa shape index (κ1) is 7.53. The number of hydrogen-bond acceptors (Lipinski definition) is 0. The quantitative estimate of drug-likeness (QED) is 0.495. The molecular formula is C5H7F3. The van der Waals surface area contributed by atoms with E-state index in [1.807, 2.05) is 0 Å². The van der Waals surface area contributed by atoms with Gasteiger partial charge in [0.2, 0.25) is 0 Å². The lowest BCUT2D eigenvalue weighted by atomic mass is 10.2. The Balaban J connectivity index is 3.64. The van der Waals surface area contributed by atoms with Crippen LogP contribution in [0, 0.1) is 0 Å². The van der Waals surface area contributed by atoms with Gasteiger partial charge in [-0.1, -0.05) is 6.58 Å². The molecule has 0 rings (SSSR count). The van der Waals surface area contributed by atoms with E-state index in [4.69, 9.17) is 0 Å². The molecule has 0 bridgehead atoms. The van der Waals surface area contributed by atoms with Gasteiger partial charge in [-0.05, 0) is 12.5 Å². The maximum Gasteiger partial charge on any atom is 0.273 e. The molecular weight excluding hydrogens is 117 g/mol. The topological polar surface area (TPSA) is 0 Å². The van der Waals surface area contributed by atoms with Crippen molar-refractivity contribution >= 4 is 0 Å². The van der Waals surface area contributed by atoms with Crippen LogP contribution < -0.4 is 0 Å². The highest BCUT2D eigenvalue weighted by Gasteiger charge is 2.18. The van der Waals surface area contributed by atoms with Gasteiger partial charge in [0, 0.05) is 0 Å². The van der Waals surface area contributed by atoms with Crippen LogP contribution >= 0.6 is 0 Å². The van der Waals surface area contributed by atoms with Gasteiger partial charge < -0.3 is 0 Å². The van der Waals surface area contributed by atoms with Crippen molar-refractivity contribution in [1.29, 1.82) is 0 Å². The molecule has 1 unspecified atom stereocenters. The fourth-order valence-electron chi connectivity index (χ4n) is 0.215. The minimum absolute atomic E-state index is 0.125. The zero-order valence-corrected chi connectivity index (χ0v) is 4.50. The van der Waals surface area contributed by atoms with Crippen LogP contribution in [0.25, 0.3) is 0 Å². The molecule has 0 aromatic carbocycles. The fraction of sp³-hybridized carbons (Fsp3) is 0.600. The third kappa shape index (κ3) is 2.00. The molecule has 1 atom stereocenters. The van der Waals surface area contributed by atoms with Crippen molar-refractivity contribution in [2.24, 2.45) is 0 Å². The van der Waals surface area contributed by atoms with Crippen LogP contribution in [0.15, 0.2) is 12.2 Å². The highest BCUT2D eigenvalue weighted by atomic mass is 19.3. The lowest BCUT2D eigenvalue weighted by Gasteiger charge is -2.03. The number of halogens is 3. The average Bonchev–Trinajstić information content (AvgIpc) is 1.64. The molecule has 0 aliphatic carbocycles. The normalized spacial score (nSPS) is 14.1. The third-order valence-corrected chi connectivity index (χ3v) is 0.692. The van der Waals surface area contributed by atoms with Crippen molar-refractivity contribution in [3.05, 3.63) is 12.2 Å². The Morgan fingerprint density at radius 2 is 1.75 bits per heavy atom. The summed E-state index contributed by atoms with van der Waals surface area (Å²) in [7, 11) is 0. The SMILES string of the molecule is C=C(C)C(F)C(F)F. The molecule has 0 spiro atoms. The summed E-state index contributed by atoms with van der Waals surface area (Å²) >= 11 is 0. The molecule has 0 nitrogen and oxygen atoms in total. The maximum absolute atomic E-state index is 11.8. The van der Waals surface area contributed by atoms with Crippen molar-refractivity contribution in [3.8, 4) is 0 Å². The molecule has 48 valence electrons. The minimum Gasteiger partial charge on any atom is -0.236 e. The van der Waals surface area contributed by atoms with E-state index in [-0.39, 0.29) is 5.57 Å². The van der Waals surface area contributed by atoms with Crippen molar-refractivity contribution in [2.75, 3.05) is 0 Å². The molecule has 0 amide bonds. The van der Waals surface area contributed by atoms with Crippen LogP contribution in [0.4, 0.5) is 13.2 Å². The van der Waals surface area contributed by atoms with Gasteiger partial charge in [-0.15, -0.1) is 0 Å². The predicted molar refractivity (Wildman–Crippen MR) is 25.7 cm³/mol. The molecule has 0 fully saturated rings. The second-order valence-electron chi connectivity index (χ2n) is 1.58. The molecule has 3 heteroatoms. The number of alkyl halides is 3. The summed E-state index contributed by atoms with van der Waals surface area (Å²) in [6, 6.07) is 0. The molecule has 0 heterocycles. The lowest BCUT2D eigenvalue weighted by molar-refractivity contribution is 0.0694. The Morgan fingerprint density at radius 1 is 1.38 bits per heavy atom. The Labute approximate surface area is 46.0 Å². The van der Waals surface area contributed by atoms with Crippen LogP contribution in [0.5, 0.6) is 0 Å². The fourth-order valence-corrected chi connectivity index (χ4v) is 0.215. The van der Waals surface area contributed by atoms with Crippen molar-refractivity contribution in [1.82, 2.24) is 0 Å². The summed E-state index contributed by atoms with van der Waals surface area (Å²) in [6.45, 7) is 4.25. The molecule has 0 radical (unpaired) electrons. The van der Waals surface area contributed by atoms with E-state index in [1.165, 1.54) is 6.92 Å². The maximum atomic E-state index is 11.8. The van der Waals surface area contributed by atoms with Crippen LogP contribution in [0.2, 0.25) is 0 Å². The largest absolute Gasteiger partial charge is 0.273 e. The molecule has 8 heavy (non-hydrogen) atoms. The van der Waals surface area contributed by atoms with E-state index in [9.17, 15) is 13.2 Å². The summed E-state index contributed by atoms with van der Waals surface area (Å²) in [6.07, 6.45) is -5.08. The van der Waals surface area contributed by atoms with Crippen molar-refractivity contribution < 1.29 is 13.2 Å². The van der Waals surface area contributed by atoms with Gasteiger partial charge in [0.05, 0.1) is 0 Å². The average molecular weight is 124 g/mol. The van der Waals surface area contributed by atoms with E-state index >= 15 is 0 Å². The first-order valence-electron chi connectivity index (χ1n) is 2.13. The summed E-state index contributed by atoms with van der Waals surface area (Å²) < 4.78 is 34.3. The first-order chi connectivity index (χ1) is 3.55. The van der Waals surface area contributed by atoms with E-state index in [2.05, 4.69) is 6.58 Å². The second kappa shape index (κ2) is 2.74. The van der Waals surface area contributed by atoms with Crippen LogP contribution in [-0.2, 0) is 0 Å². The van der Waals surface area contributed by atoms with Crippen molar-refractivity contribution in [3.63, 3.8) is 0 Å². The Bertz CT molecular complexity index is 87.7. The molecule has 0 saturated heterocycles. The molecule has 0 saturated carbocycles. The van der Waals surface area contributed by atoms with Crippen molar-refractivity contribution in [2.45, 2.75) is 19.5 Å². The van der Waals surface area contributed by atoms with E-state index in [1.54, 1.807) is 0 Å². The van der Waals surface area contributed by atoms with E-state index in [0.29, 0.717) is 0 Å². The number of allylic oxidation sites excluding steroid dienone is 1. The van der Waals surface area contributed by atoms with Gasteiger partial charge in [-0.25, -0.2) is 13.2 Å². The number of hydrogen-bond donors (Lipinski definition) is 0. The van der Waals surface area contributed by atoms with Gasteiger partial charge in [0.25, 0.3) is 6.43 Å². The van der Waals surface area contributed by atoms with Gasteiger partial charge in [0.1, 0.15) is 0 Å². The van der Waals surface area contributed by atoms with Gasteiger partial charge in [-0.3, -0.25) is 0 Å². The molecule has 0 aliphatic heterocycles. The second-order valence-corrected chi connectivity index (χ2v) is 1.58. The van der Waals surface area contributed by atoms with Gasteiger partial charge >= 0.3 is 0 Å². The Hall–Kier alpha value is -0.470. The summed E-state index contributed by atoms with van der Waals surface area (Å²) in [4.78, 5) is 0. The van der Waals surface area contributed by atoms with E-state index < -0.39 is 12.6 Å². The van der Waals surface area contributed by atoms with Crippen LogP contribution in [0.3, 0.4) is 0 Å². The first-order valence-corrected chi connectivity index (χ1v) is 2.13. The van der Waals surface area contributed by atoms with Gasteiger partial charge in [-0.2, -0.15) is 0 Å². The van der Waals surface area contributed by atoms with Crippen LogP contribution in [-0.4, -0.2) is 12.6 Å². The molecule has 0 aromatic heterocycles.